The number of fused-ring (bicyclic) bond motifs is 1. The highest BCUT2D eigenvalue weighted by molar-refractivity contribution is 7.87. The van der Waals surface area contributed by atoms with Gasteiger partial charge in [0.2, 0.25) is 0 Å². The number of benzene rings is 4. The SMILES string of the molecule is COc1ccc(C(OC[C@H]2[CH][C@@H](OS(=O)(=O)C(F)(F)F)[C@H](n3cnc4c(NC(=O)c5ccccc5)ncnc43)O2)(c2ccccc2)c2ccc(OC)cc2)cc1. The molecule has 6 aromatic rings. The van der Waals surface area contributed by atoms with Crippen molar-refractivity contribution < 1.29 is 49.5 Å². The highest BCUT2D eigenvalue weighted by Gasteiger charge is 2.52. The molecule has 0 aliphatic carbocycles. The van der Waals surface area contributed by atoms with Gasteiger partial charge in [-0.3, -0.25) is 13.5 Å². The number of alkyl halides is 3. The van der Waals surface area contributed by atoms with Gasteiger partial charge in [0, 0.05) is 12.0 Å². The first-order valence-electron chi connectivity index (χ1n) is 17.0. The topological polar surface area (TPSA) is 153 Å². The van der Waals surface area contributed by atoms with Crippen LogP contribution in [0.15, 0.2) is 122 Å². The van der Waals surface area contributed by atoms with Gasteiger partial charge in [-0.2, -0.15) is 21.6 Å². The van der Waals surface area contributed by atoms with Crippen LogP contribution in [0.2, 0.25) is 0 Å². The summed E-state index contributed by atoms with van der Waals surface area (Å²) in [6.45, 7) is -0.310. The highest BCUT2D eigenvalue weighted by Crippen LogP contribution is 2.44. The zero-order valence-electron chi connectivity index (χ0n) is 29.7. The molecule has 0 unspecified atom stereocenters. The molecule has 1 N–H and O–H groups in total. The first kappa shape index (κ1) is 38.4. The van der Waals surface area contributed by atoms with Gasteiger partial charge < -0.3 is 24.3 Å². The lowest BCUT2D eigenvalue weighted by Crippen LogP contribution is -2.36. The third-order valence-electron chi connectivity index (χ3n) is 9.06. The molecule has 3 heterocycles. The van der Waals surface area contributed by atoms with Crippen LogP contribution < -0.4 is 14.8 Å². The monoisotopic (exact) mass is 788 g/mol. The number of methoxy groups -OCH3 is 2. The van der Waals surface area contributed by atoms with Crippen molar-refractivity contribution in [2.24, 2.45) is 0 Å². The maximum Gasteiger partial charge on any atom is 0.523 e. The second-order valence-corrected chi connectivity index (χ2v) is 14.0. The number of nitrogens with one attached hydrogen (secondary N) is 1. The molecule has 2 aromatic heterocycles. The van der Waals surface area contributed by atoms with E-state index in [4.69, 9.17) is 23.1 Å². The summed E-state index contributed by atoms with van der Waals surface area (Å²) in [7, 11) is -3.04. The number of ether oxygens (including phenoxy) is 4. The van der Waals surface area contributed by atoms with E-state index in [0.29, 0.717) is 33.8 Å². The van der Waals surface area contributed by atoms with E-state index in [0.717, 1.165) is 6.33 Å². The van der Waals surface area contributed by atoms with Gasteiger partial charge >= 0.3 is 15.6 Å². The molecule has 289 valence electrons. The third-order valence-corrected chi connectivity index (χ3v) is 10.1. The Morgan fingerprint density at radius 1 is 0.804 bits per heavy atom. The highest BCUT2D eigenvalue weighted by atomic mass is 32.2. The average Bonchev–Trinajstić information content (AvgIpc) is 3.83. The van der Waals surface area contributed by atoms with Gasteiger partial charge in [0.15, 0.2) is 23.2 Å². The van der Waals surface area contributed by atoms with E-state index < -0.39 is 45.6 Å². The van der Waals surface area contributed by atoms with E-state index in [1.165, 1.54) is 31.5 Å². The van der Waals surface area contributed by atoms with Gasteiger partial charge in [-0.15, -0.1) is 0 Å². The molecule has 4 aromatic carbocycles. The van der Waals surface area contributed by atoms with E-state index in [2.05, 4.69) is 20.3 Å². The maximum atomic E-state index is 13.7. The number of carbonyl (C=O) groups is 1. The predicted molar refractivity (Wildman–Crippen MR) is 196 cm³/mol. The lowest BCUT2D eigenvalue weighted by atomic mass is 9.80. The zero-order chi connectivity index (χ0) is 39.5. The fourth-order valence-electron chi connectivity index (χ4n) is 6.39. The van der Waals surface area contributed by atoms with E-state index in [9.17, 15) is 26.4 Å². The van der Waals surface area contributed by atoms with Crippen LogP contribution in [0.4, 0.5) is 19.0 Å². The Labute approximate surface area is 319 Å². The maximum absolute atomic E-state index is 13.7. The van der Waals surface area contributed by atoms with Gasteiger partial charge in [-0.1, -0.05) is 72.8 Å². The van der Waals surface area contributed by atoms with Crippen LogP contribution in [0.5, 0.6) is 11.5 Å². The summed E-state index contributed by atoms with van der Waals surface area (Å²) < 4.78 is 95.8. The van der Waals surface area contributed by atoms with Crippen molar-refractivity contribution in [3.05, 3.63) is 151 Å². The first-order valence-corrected chi connectivity index (χ1v) is 18.4. The number of nitrogens with zero attached hydrogens (tertiary/aromatic N) is 4. The molecule has 1 saturated heterocycles. The standard InChI is InChI=1S/C39H33F3N5O8S/c1-51-29-17-13-27(14-18-29)38(26-11-7-4-8-12-26,28-15-19-30(52-2)20-16-28)53-22-31-21-32(55-56(49,50)39(40,41)42)37(54-31)47-24-45-33-34(43-23-44-35(33)47)46-36(48)25-9-5-3-6-10-25/h3-21,23-24,31-32,37H,22H2,1-2H3,(H,43,44,46,48)/t31-,32-,37-/m1/s1. The van der Waals surface area contributed by atoms with Crippen molar-refractivity contribution in [3.8, 4) is 11.5 Å². The molecular weight excluding hydrogens is 756 g/mol. The van der Waals surface area contributed by atoms with E-state index >= 15 is 0 Å². The molecular formula is C39H33F3N5O8S. The van der Waals surface area contributed by atoms with Crippen LogP contribution in [0.1, 0.15) is 33.3 Å². The van der Waals surface area contributed by atoms with Crippen LogP contribution in [0, 0.1) is 6.42 Å². The molecule has 1 aliphatic rings. The number of hydrogen-bond acceptors (Lipinski definition) is 11. The Bertz CT molecular complexity index is 2350. The van der Waals surface area contributed by atoms with Crippen molar-refractivity contribution in [2.75, 3.05) is 26.1 Å². The number of aromatic nitrogens is 4. The van der Waals surface area contributed by atoms with Crippen molar-refractivity contribution in [1.82, 2.24) is 19.5 Å². The van der Waals surface area contributed by atoms with Gasteiger partial charge in [0.05, 0.1) is 33.3 Å². The molecule has 0 spiro atoms. The molecule has 7 rings (SSSR count). The molecule has 1 fully saturated rings. The van der Waals surface area contributed by atoms with Crippen LogP contribution in [-0.2, 0) is 29.4 Å². The Kier molecular flexibility index (Phi) is 10.8. The number of amides is 1. The quantitative estimate of drug-likeness (QED) is 0.0782. The summed E-state index contributed by atoms with van der Waals surface area (Å²) in [6, 6.07) is 31.9. The molecule has 17 heteroatoms. The zero-order valence-corrected chi connectivity index (χ0v) is 30.5. The lowest BCUT2D eigenvalue weighted by molar-refractivity contribution is -0.0862. The summed E-state index contributed by atoms with van der Waals surface area (Å²) in [5.41, 5.74) is -4.66. The number of hydrogen-bond donors (Lipinski definition) is 1. The smallest absolute Gasteiger partial charge is 0.497 e. The van der Waals surface area contributed by atoms with Crippen LogP contribution in [-0.4, -0.2) is 72.4 Å². The number of imidazole rings is 1. The van der Waals surface area contributed by atoms with Gasteiger partial charge in [-0.05, 0) is 53.1 Å². The lowest BCUT2D eigenvalue weighted by Gasteiger charge is -2.37. The normalized spacial score (nSPS) is 17.5. The summed E-state index contributed by atoms with van der Waals surface area (Å²) in [6.07, 6.45) is -1.06. The molecule has 1 radical (unpaired) electrons. The van der Waals surface area contributed by atoms with Crippen LogP contribution in [0.3, 0.4) is 0 Å². The minimum absolute atomic E-state index is 0.00327. The second kappa shape index (κ2) is 15.7. The van der Waals surface area contributed by atoms with E-state index in [-0.39, 0.29) is 23.6 Å². The summed E-state index contributed by atoms with van der Waals surface area (Å²) in [4.78, 5) is 25.6. The number of halogens is 3. The van der Waals surface area contributed by atoms with E-state index in [1.807, 2.05) is 54.6 Å². The Morgan fingerprint density at radius 2 is 1.38 bits per heavy atom. The Hall–Kier alpha value is -5.88. The van der Waals surface area contributed by atoms with Crippen molar-refractivity contribution in [1.29, 1.82) is 0 Å². The molecule has 1 amide bonds. The molecule has 0 saturated carbocycles. The predicted octanol–water partition coefficient (Wildman–Crippen LogP) is 6.44. The Balaban J connectivity index is 1.26. The first-order chi connectivity index (χ1) is 26.9. The fourth-order valence-corrected chi connectivity index (χ4v) is 6.95. The molecule has 0 bridgehead atoms. The summed E-state index contributed by atoms with van der Waals surface area (Å²) in [5, 5.41) is 2.66. The number of anilines is 1. The van der Waals surface area contributed by atoms with Gasteiger partial charge in [0.25, 0.3) is 5.91 Å². The molecule has 1 aliphatic heterocycles. The van der Waals surface area contributed by atoms with Crippen molar-refractivity contribution in [3.63, 3.8) is 0 Å². The van der Waals surface area contributed by atoms with Gasteiger partial charge in [-0.25, -0.2) is 15.0 Å². The summed E-state index contributed by atoms with van der Waals surface area (Å²) >= 11 is 0. The fraction of sp³-hybridized carbons (Fsp3) is 0.205. The minimum Gasteiger partial charge on any atom is -0.497 e. The van der Waals surface area contributed by atoms with Crippen LogP contribution >= 0.6 is 0 Å². The number of carbonyl (C=O) groups excluding carboxylic acids is 1. The molecule has 56 heavy (non-hydrogen) atoms. The third kappa shape index (κ3) is 7.53. The van der Waals surface area contributed by atoms with Crippen molar-refractivity contribution >= 4 is 33.0 Å². The molecule has 13 nitrogen and oxygen atoms in total. The van der Waals surface area contributed by atoms with Gasteiger partial charge in [0.1, 0.15) is 29.5 Å². The van der Waals surface area contributed by atoms with E-state index in [1.54, 1.807) is 54.6 Å². The number of rotatable bonds is 13. The Morgan fingerprint density at radius 3 is 1.95 bits per heavy atom. The summed E-state index contributed by atoms with van der Waals surface area (Å²) in [5.74, 6) is 0.670. The molecule has 3 atom stereocenters. The van der Waals surface area contributed by atoms with Crippen molar-refractivity contribution in [2.45, 2.75) is 29.5 Å². The largest absolute Gasteiger partial charge is 0.523 e. The average molecular weight is 789 g/mol. The second-order valence-electron chi connectivity index (χ2n) is 12.4. The van der Waals surface area contributed by atoms with Crippen LogP contribution in [0.25, 0.3) is 11.2 Å². The minimum atomic E-state index is -6.12.